The van der Waals surface area contributed by atoms with Gasteiger partial charge in [-0.2, -0.15) is 4.31 Å². The molecular formula is C10H17NO6S. The van der Waals surface area contributed by atoms with Crippen molar-refractivity contribution in [3.8, 4) is 0 Å². The van der Waals surface area contributed by atoms with Crippen LogP contribution in [0.15, 0.2) is 0 Å². The van der Waals surface area contributed by atoms with E-state index in [1.54, 1.807) is 0 Å². The minimum absolute atomic E-state index is 0.218. The van der Waals surface area contributed by atoms with Crippen molar-refractivity contribution in [3.05, 3.63) is 0 Å². The standard InChI is InChI=1S/C10H17NO6S/c1-17-10(14)4-5-18(15,16)11(7-9(12)13)6-8-2-3-8/h8H,2-7H2,1H3,(H,12,13). The molecule has 0 amide bonds. The van der Waals surface area contributed by atoms with E-state index in [2.05, 4.69) is 4.74 Å². The highest BCUT2D eigenvalue weighted by Gasteiger charge is 2.32. The summed E-state index contributed by atoms with van der Waals surface area (Å²) < 4.78 is 29.1. The van der Waals surface area contributed by atoms with Gasteiger partial charge in [-0.15, -0.1) is 0 Å². The van der Waals surface area contributed by atoms with E-state index in [9.17, 15) is 18.0 Å². The average Bonchev–Trinajstić information content (AvgIpc) is 3.08. The van der Waals surface area contributed by atoms with Gasteiger partial charge in [0.1, 0.15) is 6.54 Å². The van der Waals surface area contributed by atoms with Crippen molar-refractivity contribution in [3.63, 3.8) is 0 Å². The van der Waals surface area contributed by atoms with Crippen LogP contribution in [-0.4, -0.2) is 55.7 Å². The zero-order valence-corrected chi connectivity index (χ0v) is 11.0. The van der Waals surface area contributed by atoms with Crippen LogP contribution >= 0.6 is 0 Å². The maximum absolute atomic E-state index is 11.9. The van der Waals surface area contributed by atoms with Crippen LogP contribution in [0, 0.1) is 5.92 Å². The van der Waals surface area contributed by atoms with Gasteiger partial charge in [-0.1, -0.05) is 0 Å². The molecule has 0 bridgehead atoms. The van der Waals surface area contributed by atoms with E-state index in [1.165, 1.54) is 7.11 Å². The lowest BCUT2D eigenvalue weighted by atomic mass is 10.4. The minimum atomic E-state index is -3.73. The molecule has 1 aliphatic rings. The molecule has 0 aromatic rings. The quantitative estimate of drug-likeness (QED) is 0.611. The molecule has 0 radical (unpaired) electrons. The summed E-state index contributed by atoms with van der Waals surface area (Å²) in [5.41, 5.74) is 0. The van der Waals surface area contributed by atoms with Crippen molar-refractivity contribution in [2.24, 2.45) is 5.92 Å². The number of carbonyl (C=O) groups excluding carboxylic acids is 1. The van der Waals surface area contributed by atoms with Crippen LogP contribution < -0.4 is 0 Å². The molecule has 104 valence electrons. The Morgan fingerprint density at radius 2 is 2.00 bits per heavy atom. The van der Waals surface area contributed by atoms with Gasteiger partial charge >= 0.3 is 11.9 Å². The molecule has 0 unspecified atom stereocenters. The highest BCUT2D eigenvalue weighted by molar-refractivity contribution is 7.89. The molecule has 7 nitrogen and oxygen atoms in total. The molecule has 18 heavy (non-hydrogen) atoms. The average molecular weight is 279 g/mol. The molecule has 1 saturated carbocycles. The highest BCUT2D eigenvalue weighted by atomic mass is 32.2. The first-order chi connectivity index (χ1) is 8.35. The molecule has 1 fully saturated rings. The van der Waals surface area contributed by atoms with Crippen LogP contribution in [0.1, 0.15) is 19.3 Å². The fourth-order valence-electron chi connectivity index (χ4n) is 1.46. The minimum Gasteiger partial charge on any atom is -0.480 e. The first-order valence-corrected chi connectivity index (χ1v) is 7.22. The number of hydrogen-bond donors (Lipinski definition) is 1. The molecule has 0 spiro atoms. The van der Waals surface area contributed by atoms with Crippen molar-refractivity contribution < 1.29 is 27.9 Å². The summed E-state index contributed by atoms with van der Waals surface area (Å²) in [7, 11) is -2.55. The van der Waals surface area contributed by atoms with E-state index < -0.39 is 34.3 Å². The molecule has 0 atom stereocenters. The van der Waals surface area contributed by atoms with Gasteiger partial charge < -0.3 is 9.84 Å². The van der Waals surface area contributed by atoms with Gasteiger partial charge in [-0.05, 0) is 18.8 Å². The van der Waals surface area contributed by atoms with E-state index in [-0.39, 0.29) is 18.9 Å². The Morgan fingerprint density at radius 1 is 1.39 bits per heavy atom. The maximum atomic E-state index is 11.9. The second-order valence-corrected chi connectivity index (χ2v) is 6.36. The third kappa shape index (κ3) is 5.01. The van der Waals surface area contributed by atoms with Crippen molar-refractivity contribution in [2.75, 3.05) is 26.0 Å². The number of rotatable bonds is 8. The number of carbonyl (C=O) groups is 2. The van der Waals surface area contributed by atoms with Crippen molar-refractivity contribution in [1.29, 1.82) is 0 Å². The van der Waals surface area contributed by atoms with Gasteiger partial charge in [-0.3, -0.25) is 9.59 Å². The van der Waals surface area contributed by atoms with E-state index >= 15 is 0 Å². The Kier molecular flexibility index (Phi) is 5.09. The second-order valence-electron chi connectivity index (χ2n) is 4.27. The van der Waals surface area contributed by atoms with Crippen LogP contribution in [0.2, 0.25) is 0 Å². The monoisotopic (exact) mass is 279 g/mol. The van der Waals surface area contributed by atoms with Crippen LogP contribution in [-0.2, 0) is 24.3 Å². The summed E-state index contributed by atoms with van der Waals surface area (Å²) in [6.45, 7) is -0.337. The number of carboxylic acids is 1. The second kappa shape index (κ2) is 6.14. The van der Waals surface area contributed by atoms with E-state index in [1.807, 2.05) is 0 Å². The number of carboxylic acid groups (broad SMARTS) is 1. The topological polar surface area (TPSA) is 101 Å². The Hall–Kier alpha value is -1.15. The lowest BCUT2D eigenvalue weighted by Gasteiger charge is -2.19. The molecule has 0 aromatic carbocycles. The van der Waals surface area contributed by atoms with Crippen LogP contribution in [0.5, 0.6) is 0 Å². The fourth-order valence-corrected chi connectivity index (χ4v) is 2.89. The summed E-state index contributed by atoms with van der Waals surface area (Å²) in [4.78, 5) is 21.6. The molecule has 1 aliphatic carbocycles. The predicted octanol–water partition coefficient (Wildman–Crippen LogP) is -0.324. The SMILES string of the molecule is COC(=O)CCS(=O)(=O)N(CC(=O)O)CC1CC1. The third-order valence-corrected chi connectivity index (χ3v) is 4.44. The number of sulfonamides is 1. The zero-order valence-electron chi connectivity index (χ0n) is 10.2. The number of hydrogen-bond acceptors (Lipinski definition) is 5. The molecule has 1 N–H and O–H groups in total. The number of ether oxygens (including phenoxy) is 1. The van der Waals surface area contributed by atoms with Crippen LogP contribution in [0.4, 0.5) is 0 Å². The predicted molar refractivity (Wildman–Crippen MR) is 62.4 cm³/mol. The van der Waals surface area contributed by atoms with E-state index in [0.29, 0.717) is 0 Å². The van der Waals surface area contributed by atoms with Crippen LogP contribution in [0.3, 0.4) is 0 Å². The summed E-state index contributed by atoms with van der Waals surface area (Å²) >= 11 is 0. The highest BCUT2D eigenvalue weighted by Crippen LogP contribution is 2.30. The summed E-state index contributed by atoms with van der Waals surface area (Å²) in [6.07, 6.45) is 1.57. The molecule has 1 rings (SSSR count). The lowest BCUT2D eigenvalue weighted by Crippen LogP contribution is -2.39. The van der Waals surface area contributed by atoms with Gasteiger partial charge in [0.25, 0.3) is 0 Å². The molecule has 0 heterocycles. The maximum Gasteiger partial charge on any atom is 0.318 e. The largest absolute Gasteiger partial charge is 0.480 e. The number of nitrogens with zero attached hydrogens (tertiary/aromatic N) is 1. The summed E-state index contributed by atoms with van der Waals surface area (Å²) in [5, 5.41) is 8.71. The number of esters is 1. The number of methoxy groups -OCH3 is 1. The molecule has 8 heteroatoms. The normalized spacial score (nSPS) is 15.7. The Morgan fingerprint density at radius 3 is 2.44 bits per heavy atom. The summed E-state index contributed by atoms with van der Waals surface area (Å²) in [6, 6.07) is 0. The molecule has 0 aromatic heterocycles. The lowest BCUT2D eigenvalue weighted by molar-refractivity contribution is -0.140. The zero-order chi connectivity index (χ0) is 13.8. The first-order valence-electron chi connectivity index (χ1n) is 5.61. The Balaban J connectivity index is 2.62. The van der Waals surface area contributed by atoms with Crippen molar-refractivity contribution in [1.82, 2.24) is 4.31 Å². The molecule has 0 saturated heterocycles. The van der Waals surface area contributed by atoms with Gasteiger partial charge in [0.05, 0.1) is 19.3 Å². The first kappa shape index (κ1) is 14.9. The molecular weight excluding hydrogens is 262 g/mol. The van der Waals surface area contributed by atoms with Crippen molar-refractivity contribution >= 4 is 22.0 Å². The van der Waals surface area contributed by atoms with E-state index in [4.69, 9.17) is 5.11 Å². The smallest absolute Gasteiger partial charge is 0.318 e. The van der Waals surface area contributed by atoms with Gasteiger partial charge in [0.15, 0.2) is 0 Å². The van der Waals surface area contributed by atoms with Gasteiger partial charge in [0.2, 0.25) is 10.0 Å². The summed E-state index contributed by atoms with van der Waals surface area (Å²) in [5.74, 6) is -1.99. The Labute approximate surface area is 106 Å². The van der Waals surface area contributed by atoms with Crippen molar-refractivity contribution in [2.45, 2.75) is 19.3 Å². The molecule has 0 aliphatic heterocycles. The fraction of sp³-hybridized carbons (Fsp3) is 0.800. The third-order valence-electron chi connectivity index (χ3n) is 2.66. The van der Waals surface area contributed by atoms with Gasteiger partial charge in [-0.25, -0.2) is 8.42 Å². The van der Waals surface area contributed by atoms with Gasteiger partial charge in [0, 0.05) is 6.54 Å². The van der Waals surface area contributed by atoms with Crippen LogP contribution in [0.25, 0.3) is 0 Å². The Bertz CT molecular complexity index is 414. The van der Waals surface area contributed by atoms with E-state index in [0.717, 1.165) is 17.1 Å². The number of aliphatic carboxylic acids is 1.